The number of benzene rings is 1. The van der Waals surface area contributed by atoms with Gasteiger partial charge in [0, 0.05) is 5.88 Å². The van der Waals surface area contributed by atoms with Crippen LogP contribution in [0, 0.1) is 25.7 Å². The summed E-state index contributed by atoms with van der Waals surface area (Å²) < 4.78 is 23.2. The van der Waals surface area contributed by atoms with Gasteiger partial charge < -0.3 is 0 Å². The molecule has 106 valence electrons. The van der Waals surface area contributed by atoms with Crippen LogP contribution in [0.5, 0.6) is 0 Å². The van der Waals surface area contributed by atoms with Crippen molar-refractivity contribution in [2.45, 2.75) is 26.7 Å². The number of rotatable bonds is 4. The second-order valence-electron chi connectivity index (χ2n) is 5.78. The van der Waals surface area contributed by atoms with Crippen molar-refractivity contribution < 1.29 is 8.42 Å². The minimum atomic E-state index is -2.82. The van der Waals surface area contributed by atoms with Crippen LogP contribution in [0.3, 0.4) is 0 Å². The molecule has 0 spiro atoms. The highest BCUT2D eigenvalue weighted by molar-refractivity contribution is 7.91. The summed E-state index contributed by atoms with van der Waals surface area (Å²) in [5.74, 6) is 1.67. The number of alkyl halides is 1. The van der Waals surface area contributed by atoms with Crippen LogP contribution in [-0.4, -0.2) is 25.8 Å². The van der Waals surface area contributed by atoms with Crippen LogP contribution in [0.15, 0.2) is 18.2 Å². The molecule has 1 fully saturated rings. The zero-order valence-electron chi connectivity index (χ0n) is 11.5. The molecule has 0 amide bonds. The van der Waals surface area contributed by atoms with Crippen LogP contribution in [-0.2, 0) is 16.3 Å². The molecule has 19 heavy (non-hydrogen) atoms. The Bertz CT molecular complexity index is 531. The topological polar surface area (TPSA) is 34.1 Å². The third-order valence-electron chi connectivity index (χ3n) is 3.91. The number of hydrogen-bond acceptors (Lipinski definition) is 2. The third-order valence-corrected chi connectivity index (χ3v) is 6.10. The fourth-order valence-corrected chi connectivity index (χ4v) is 5.31. The van der Waals surface area contributed by atoms with Crippen molar-refractivity contribution in [2.24, 2.45) is 11.8 Å². The Morgan fingerprint density at radius 3 is 2.37 bits per heavy atom. The van der Waals surface area contributed by atoms with E-state index in [1.165, 1.54) is 16.7 Å². The molecule has 0 saturated carbocycles. The molecule has 0 bridgehead atoms. The van der Waals surface area contributed by atoms with E-state index < -0.39 is 9.84 Å². The van der Waals surface area contributed by atoms with Gasteiger partial charge >= 0.3 is 0 Å². The van der Waals surface area contributed by atoms with Crippen molar-refractivity contribution in [3.05, 3.63) is 34.9 Å². The molecule has 2 rings (SSSR count). The maximum atomic E-state index is 11.6. The predicted octanol–water partition coefficient (Wildman–Crippen LogP) is 3.14. The molecule has 2 atom stereocenters. The molecule has 0 aromatic heterocycles. The van der Waals surface area contributed by atoms with Gasteiger partial charge in [0.2, 0.25) is 0 Å². The van der Waals surface area contributed by atoms with E-state index in [2.05, 4.69) is 32.0 Å². The lowest BCUT2D eigenvalue weighted by Gasteiger charge is -2.20. The molecular weight excluding hydrogens is 280 g/mol. The van der Waals surface area contributed by atoms with Gasteiger partial charge in [-0.2, -0.15) is 0 Å². The Kier molecular flexibility index (Phi) is 4.57. The second kappa shape index (κ2) is 5.84. The van der Waals surface area contributed by atoms with Gasteiger partial charge in [-0.15, -0.1) is 11.6 Å². The third kappa shape index (κ3) is 3.96. The molecule has 0 aliphatic carbocycles. The van der Waals surface area contributed by atoms with Crippen LogP contribution >= 0.6 is 11.6 Å². The molecule has 1 aromatic rings. The highest BCUT2D eigenvalue weighted by atomic mass is 35.5. The van der Waals surface area contributed by atoms with Gasteiger partial charge in [0.15, 0.2) is 9.84 Å². The summed E-state index contributed by atoms with van der Waals surface area (Å²) in [4.78, 5) is 0. The summed E-state index contributed by atoms with van der Waals surface area (Å²) in [5.41, 5.74) is 3.78. The van der Waals surface area contributed by atoms with Crippen molar-refractivity contribution in [1.29, 1.82) is 0 Å². The fourth-order valence-electron chi connectivity index (χ4n) is 3.03. The molecule has 0 radical (unpaired) electrons. The fraction of sp³-hybridized carbons (Fsp3) is 0.600. The van der Waals surface area contributed by atoms with E-state index >= 15 is 0 Å². The normalized spacial score (nSPS) is 23.4. The molecule has 2 nitrogen and oxygen atoms in total. The quantitative estimate of drug-likeness (QED) is 0.801. The lowest BCUT2D eigenvalue weighted by Crippen LogP contribution is -2.20. The molecule has 1 heterocycles. The summed E-state index contributed by atoms with van der Waals surface area (Å²) in [6.07, 6.45) is 1.65. The smallest absolute Gasteiger partial charge is 0.150 e. The maximum absolute atomic E-state index is 11.6. The minimum Gasteiger partial charge on any atom is -0.229 e. The zero-order chi connectivity index (χ0) is 14.0. The lowest BCUT2D eigenvalue weighted by molar-refractivity contribution is 0.398. The molecule has 2 unspecified atom stereocenters. The molecule has 1 saturated heterocycles. The average Bonchev–Trinajstić information content (AvgIpc) is 2.65. The minimum absolute atomic E-state index is 0.225. The number of aryl methyl sites for hydroxylation is 2. The Morgan fingerprint density at radius 1 is 1.26 bits per heavy atom. The van der Waals surface area contributed by atoms with Gasteiger partial charge in [0.05, 0.1) is 11.5 Å². The van der Waals surface area contributed by atoms with Crippen LogP contribution in [0.2, 0.25) is 0 Å². The summed E-state index contributed by atoms with van der Waals surface area (Å²) in [6.45, 7) is 4.18. The number of hydrogen-bond donors (Lipinski definition) is 0. The summed E-state index contributed by atoms with van der Waals surface area (Å²) in [7, 11) is -2.82. The van der Waals surface area contributed by atoms with Crippen molar-refractivity contribution in [2.75, 3.05) is 17.4 Å². The van der Waals surface area contributed by atoms with Crippen LogP contribution in [0.25, 0.3) is 0 Å². The molecule has 0 N–H and O–H groups in total. The average molecular weight is 301 g/mol. The zero-order valence-corrected chi connectivity index (χ0v) is 13.1. The summed E-state index contributed by atoms with van der Waals surface area (Å²) in [5, 5.41) is 0. The molecule has 4 heteroatoms. The molecule has 1 aromatic carbocycles. The lowest BCUT2D eigenvalue weighted by atomic mass is 9.87. The SMILES string of the molecule is Cc1cc(C)cc(CC(CCl)C2CCS(=O)(=O)C2)c1. The highest BCUT2D eigenvalue weighted by Crippen LogP contribution is 2.29. The van der Waals surface area contributed by atoms with E-state index in [0.717, 1.165) is 12.8 Å². The van der Waals surface area contributed by atoms with Gasteiger partial charge in [0.1, 0.15) is 0 Å². The first-order valence-electron chi connectivity index (χ1n) is 6.73. The molecule has 1 aliphatic heterocycles. The summed E-state index contributed by atoms with van der Waals surface area (Å²) >= 11 is 6.08. The van der Waals surface area contributed by atoms with Gasteiger partial charge in [-0.05, 0) is 44.1 Å². The highest BCUT2D eigenvalue weighted by Gasteiger charge is 2.33. The van der Waals surface area contributed by atoms with Crippen molar-refractivity contribution >= 4 is 21.4 Å². The predicted molar refractivity (Wildman–Crippen MR) is 80.6 cm³/mol. The van der Waals surface area contributed by atoms with Gasteiger partial charge in [-0.1, -0.05) is 29.3 Å². The van der Waals surface area contributed by atoms with Gasteiger partial charge in [-0.25, -0.2) is 8.42 Å². The first kappa shape index (κ1) is 14.9. The molecule has 1 aliphatic rings. The largest absolute Gasteiger partial charge is 0.229 e. The first-order chi connectivity index (χ1) is 8.89. The van der Waals surface area contributed by atoms with E-state index in [9.17, 15) is 8.42 Å². The van der Waals surface area contributed by atoms with E-state index in [4.69, 9.17) is 11.6 Å². The van der Waals surface area contributed by atoms with Crippen molar-refractivity contribution in [1.82, 2.24) is 0 Å². The van der Waals surface area contributed by atoms with E-state index in [-0.39, 0.29) is 11.8 Å². The Balaban J connectivity index is 2.11. The van der Waals surface area contributed by atoms with Crippen LogP contribution < -0.4 is 0 Å². The van der Waals surface area contributed by atoms with Crippen molar-refractivity contribution in [3.8, 4) is 0 Å². The standard InChI is InChI=1S/C15H21ClO2S/c1-11-5-12(2)7-13(6-11)8-15(9-16)14-3-4-19(17,18)10-14/h5-7,14-15H,3-4,8-10H2,1-2H3. The number of sulfone groups is 1. The Hall–Kier alpha value is -0.540. The van der Waals surface area contributed by atoms with E-state index in [1.54, 1.807) is 0 Å². The van der Waals surface area contributed by atoms with E-state index in [1.807, 2.05) is 0 Å². The summed E-state index contributed by atoms with van der Waals surface area (Å²) in [6, 6.07) is 6.51. The number of halogens is 1. The second-order valence-corrected chi connectivity index (χ2v) is 8.31. The van der Waals surface area contributed by atoms with Gasteiger partial charge in [-0.3, -0.25) is 0 Å². The van der Waals surface area contributed by atoms with Crippen molar-refractivity contribution in [3.63, 3.8) is 0 Å². The first-order valence-corrected chi connectivity index (χ1v) is 9.09. The van der Waals surface area contributed by atoms with Crippen LogP contribution in [0.4, 0.5) is 0 Å². The Labute approximate surface area is 121 Å². The van der Waals surface area contributed by atoms with Gasteiger partial charge in [0.25, 0.3) is 0 Å². The van der Waals surface area contributed by atoms with Crippen LogP contribution in [0.1, 0.15) is 23.1 Å². The molecular formula is C15H21ClO2S. The maximum Gasteiger partial charge on any atom is 0.150 e. The monoisotopic (exact) mass is 300 g/mol. The Morgan fingerprint density at radius 2 is 1.89 bits per heavy atom. The van der Waals surface area contributed by atoms with E-state index in [0.29, 0.717) is 17.4 Å².